The molecule has 30 heavy (non-hydrogen) atoms. The summed E-state index contributed by atoms with van der Waals surface area (Å²) in [5.74, 6) is -0.980. The minimum atomic E-state index is -0.727. The molecule has 0 bridgehead atoms. The maximum atomic E-state index is 12.2. The Kier molecular flexibility index (Phi) is 8.66. The van der Waals surface area contributed by atoms with E-state index in [1.807, 2.05) is 0 Å². The fraction of sp³-hybridized carbons (Fsp3) is 0.136. The molecular weight excluding hydrogens is 474 g/mol. The number of nitrogens with zero attached hydrogens (tertiary/aromatic N) is 1. The van der Waals surface area contributed by atoms with E-state index in [-0.39, 0.29) is 23.7 Å². The first-order valence-corrected chi connectivity index (χ1v) is 9.87. The summed E-state index contributed by atoms with van der Waals surface area (Å²) in [7, 11) is 1.41. The molecule has 0 spiro atoms. The zero-order valence-corrected chi connectivity index (χ0v) is 18.5. The van der Waals surface area contributed by atoms with E-state index in [0.717, 1.165) is 0 Å². The first-order valence-electron chi connectivity index (χ1n) is 8.70. The fourth-order valence-corrected chi connectivity index (χ4v) is 3.08. The van der Waals surface area contributed by atoms with Crippen LogP contribution in [0.15, 0.2) is 52.5 Å². The summed E-state index contributed by atoms with van der Waals surface area (Å²) in [4.78, 5) is 24.0. The molecule has 6 nitrogen and oxygen atoms in total. The van der Waals surface area contributed by atoms with Gasteiger partial charge in [0.1, 0.15) is 11.6 Å². The standard InChI is InChI=1S/C22H17BrClNO5/c1-3-29-22(27)16(13-25)10-14-11-17(23)21(19(12-14)28-2)30-20(26)9-8-15-6-4-5-7-18(15)24/h4-12H,3H2,1-2H3/b9-8+,16-10-. The second kappa shape index (κ2) is 11.2. The molecule has 0 aliphatic carbocycles. The van der Waals surface area contributed by atoms with Gasteiger partial charge in [-0.2, -0.15) is 5.26 Å². The highest BCUT2D eigenvalue weighted by molar-refractivity contribution is 9.10. The summed E-state index contributed by atoms with van der Waals surface area (Å²) < 4.78 is 15.9. The zero-order chi connectivity index (χ0) is 22.1. The van der Waals surface area contributed by atoms with Gasteiger partial charge in [0.05, 0.1) is 18.2 Å². The molecular formula is C22H17BrClNO5. The van der Waals surface area contributed by atoms with Crippen LogP contribution in [0.2, 0.25) is 5.02 Å². The molecule has 0 N–H and O–H groups in total. The molecule has 0 aromatic heterocycles. The molecule has 0 aliphatic rings. The molecule has 0 atom stereocenters. The van der Waals surface area contributed by atoms with Gasteiger partial charge >= 0.3 is 11.9 Å². The Labute approximate surface area is 187 Å². The molecule has 0 radical (unpaired) electrons. The molecule has 0 fully saturated rings. The molecule has 0 heterocycles. The van der Waals surface area contributed by atoms with E-state index in [4.69, 9.17) is 25.8 Å². The third kappa shape index (κ3) is 6.21. The highest BCUT2D eigenvalue weighted by Crippen LogP contribution is 2.37. The number of carbonyl (C=O) groups is 2. The molecule has 2 rings (SSSR count). The number of hydrogen-bond acceptors (Lipinski definition) is 6. The third-order valence-corrected chi connectivity index (χ3v) is 4.62. The zero-order valence-electron chi connectivity index (χ0n) is 16.1. The van der Waals surface area contributed by atoms with Crippen LogP contribution in [0.5, 0.6) is 11.5 Å². The maximum absolute atomic E-state index is 12.2. The maximum Gasteiger partial charge on any atom is 0.348 e. The van der Waals surface area contributed by atoms with Crippen LogP contribution >= 0.6 is 27.5 Å². The van der Waals surface area contributed by atoms with Crippen molar-refractivity contribution in [3.63, 3.8) is 0 Å². The minimum absolute atomic E-state index is 0.151. The first kappa shape index (κ1) is 23.2. The van der Waals surface area contributed by atoms with Gasteiger partial charge in [-0.15, -0.1) is 0 Å². The van der Waals surface area contributed by atoms with Gasteiger partial charge in [0.2, 0.25) is 0 Å². The molecule has 0 aliphatic heterocycles. The van der Waals surface area contributed by atoms with Crippen molar-refractivity contribution in [3.05, 3.63) is 68.7 Å². The molecule has 2 aromatic carbocycles. The van der Waals surface area contributed by atoms with Crippen molar-refractivity contribution in [1.29, 1.82) is 5.26 Å². The van der Waals surface area contributed by atoms with Gasteiger partial charge in [0.25, 0.3) is 0 Å². The van der Waals surface area contributed by atoms with Crippen molar-refractivity contribution in [2.75, 3.05) is 13.7 Å². The lowest BCUT2D eigenvalue weighted by atomic mass is 10.1. The quantitative estimate of drug-likeness (QED) is 0.229. The van der Waals surface area contributed by atoms with Crippen molar-refractivity contribution in [1.82, 2.24) is 0 Å². The lowest BCUT2D eigenvalue weighted by Crippen LogP contribution is -2.07. The van der Waals surface area contributed by atoms with Crippen molar-refractivity contribution in [3.8, 4) is 17.6 Å². The van der Waals surface area contributed by atoms with Gasteiger partial charge in [-0.05, 0) is 64.3 Å². The smallest absolute Gasteiger partial charge is 0.348 e. The van der Waals surface area contributed by atoms with Crippen molar-refractivity contribution in [2.45, 2.75) is 6.92 Å². The number of nitriles is 1. The number of rotatable bonds is 7. The van der Waals surface area contributed by atoms with E-state index < -0.39 is 11.9 Å². The van der Waals surface area contributed by atoms with E-state index in [2.05, 4.69) is 15.9 Å². The van der Waals surface area contributed by atoms with Crippen LogP contribution in [0.4, 0.5) is 0 Å². The molecule has 154 valence electrons. The second-order valence-corrected chi connectivity index (χ2v) is 6.96. The highest BCUT2D eigenvalue weighted by Gasteiger charge is 2.16. The van der Waals surface area contributed by atoms with Gasteiger partial charge in [-0.1, -0.05) is 29.8 Å². The average Bonchev–Trinajstić information content (AvgIpc) is 2.73. The number of carbonyl (C=O) groups excluding carboxylic acids is 2. The summed E-state index contributed by atoms with van der Waals surface area (Å²) in [6, 6.07) is 12.0. The van der Waals surface area contributed by atoms with Gasteiger partial charge in [-0.3, -0.25) is 0 Å². The number of halogens is 2. The monoisotopic (exact) mass is 489 g/mol. The number of hydrogen-bond donors (Lipinski definition) is 0. The van der Waals surface area contributed by atoms with E-state index >= 15 is 0 Å². The van der Waals surface area contributed by atoms with Gasteiger partial charge in [-0.25, -0.2) is 9.59 Å². The van der Waals surface area contributed by atoms with E-state index in [1.54, 1.807) is 49.4 Å². The van der Waals surface area contributed by atoms with Crippen LogP contribution in [-0.4, -0.2) is 25.7 Å². The lowest BCUT2D eigenvalue weighted by molar-refractivity contribution is -0.138. The van der Waals surface area contributed by atoms with Crippen LogP contribution in [0.3, 0.4) is 0 Å². The number of benzene rings is 2. The van der Waals surface area contributed by atoms with Gasteiger partial charge < -0.3 is 14.2 Å². The van der Waals surface area contributed by atoms with Crippen molar-refractivity contribution >= 4 is 51.6 Å². The van der Waals surface area contributed by atoms with Crippen LogP contribution in [0, 0.1) is 11.3 Å². The Morgan fingerprint density at radius 1 is 1.27 bits per heavy atom. The van der Waals surface area contributed by atoms with E-state index in [0.29, 0.717) is 20.6 Å². The highest BCUT2D eigenvalue weighted by atomic mass is 79.9. The minimum Gasteiger partial charge on any atom is -0.493 e. The largest absolute Gasteiger partial charge is 0.493 e. The number of ether oxygens (including phenoxy) is 3. The molecule has 0 saturated heterocycles. The summed E-state index contributed by atoms with van der Waals surface area (Å²) in [6.07, 6.45) is 4.14. The second-order valence-electron chi connectivity index (χ2n) is 5.70. The van der Waals surface area contributed by atoms with Crippen LogP contribution in [-0.2, 0) is 14.3 Å². The fourth-order valence-electron chi connectivity index (χ4n) is 2.34. The van der Waals surface area contributed by atoms with Gasteiger partial charge in [0.15, 0.2) is 11.5 Å². The SMILES string of the molecule is CCOC(=O)/C(C#N)=C\c1cc(Br)c(OC(=O)/C=C/c2ccccc2Cl)c(OC)c1. The Bertz CT molecular complexity index is 1060. The Morgan fingerprint density at radius 2 is 2.00 bits per heavy atom. The molecule has 2 aromatic rings. The van der Waals surface area contributed by atoms with Crippen molar-refractivity contribution in [2.24, 2.45) is 0 Å². The predicted molar refractivity (Wildman–Crippen MR) is 117 cm³/mol. The molecule has 0 amide bonds. The molecule has 8 heteroatoms. The lowest BCUT2D eigenvalue weighted by Gasteiger charge is -2.11. The summed E-state index contributed by atoms with van der Waals surface area (Å²) in [5.41, 5.74) is 0.985. The predicted octanol–water partition coefficient (Wildman–Crippen LogP) is 5.20. The topological polar surface area (TPSA) is 85.6 Å². The van der Waals surface area contributed by atoms with E-state index in [9.17, 15) is 14.9 Å². The average molecular weight is 491 g/mol. The van der Waals surface area contributed by atoms with Gasteiger partial charge in [0, 0.05) is 11.1 Å². The van der Waals surface area contributed by atoms with Crippen LogP contribution in [0.1, 0.15) is 18.1 Å². The van der Waals surface area contributed by atoms with Crippen molar-refractivity contribution < 1.29 is 23.8 Å². The number of methoxy groups -OCH3 is 1. The summed E-state index contributed by atoms with van der Waals surface area (Å²) >= 11 is 9.39. The van der Waals surface area contributed by atoms with Crippen LogP contribution in [0.25, 0.3) is 12.2 Å². The van der Waals surface area contributed by atoms with Crippen LogP contribution < -0.4 is 9.47 Å². The molecule has 0 unspecified atom stereocenters. The Balaban J connectivity index is 2.27. The van der Waals surface area contributed by atoms with E-state index in [1.165, 1.54) is 25.3 Å². The normalized spacial score (nSPS) is 11.1. The summed E-state index contributed by atoms with van der Waals surface area (Å²) in [5, 5.41) is 9.68. The first-order chi connectivity index (χ1) is 14.4. The third-order valence-electron chi connectivity index (χ3n) is 3.69. The number of esters is 2. The Morgan fingerprint density at radius 3 is 2.63 bits per heavy atom. The Hall–Kier alpha value is -3.08. The molecule has 0 saturated carbocycles. The summed E-state index contributed by atoms with van der Waals surface area (Å²) in [6.45, 7) is 1.80.